The number of benzene rings is 3. The molecule has 0 aliphatic carbocycles. The first-order valence-electron chi connectivity index (χ1n) is 10.6. The van der Waals surface area contributed by atoms with E-state index < -0.39 is 12.5 Å². The molecule has 3 aromatic carbocycles. The number of carbonyl (C=O) groups excluding carboxylic acids is 1. The molecular weight excluding hydrogens is 444 g/mol. The maximum atomic E-state index is 13.5. The molecule has 3 aromatic rings. The maximum Gasteiger partial charge on any atom is 0.387 e. The summed E-state index contributed by atoms with van der Waals surface area (Å²) in [5.74, 6) is 0.609. The van der Waals surface area contributed by atoms with E-state index in [9.17, 15) is 13.6 Å². The van der Waals surface area contributed by atoms with Gasteiger partial charge in [-0.05, 0) is 35.9 Å². The molecule has 0 saturated carbocycles. The monoisotopic (exact) mass is 467 g/mol. The van der Waals surface area contributed by atoms with Gasteiger partial charge in [0, 0.05) is 23.9 Å². The molecule has 6 nitrogen and oxygen atoms in total. The fraction of sp³-hybridized carbons (Fsp3) is 0.192. The van der Waals surface area contributed by atoms with E-state index >= 15 is 0 Å². The third-order valence-electron chi connectivity index (χ3n) is 5.11. The predicted molar refractivity (Wildman–Crippen MR) is 124 cm³/mol. The Kier molecular flexibility index (Phi) is 7.27. The van der Waals surface area contributed by atoms with Crippen LogP contribution in [0.1, 0.15) is 15.9 Å². The van der Waals surface area contributed by atoms with Gasteiger partial charge in [0.2, 0.25) is 0 Å². The normalized spacial score (nSPS) is 12.6. The number of rotatable bonds is 8. The molecule has 8 heteroatoms. The van der Waals surface area contributed by atoms with E-state index in [1.165, 1.54) is 30.2 Å². The van der Waals surface area contributed by atoms with Crippen molar-refractivity contribution in [2.24, 2.45) is 0 Å². The Morgan fingerprint density at radius 2 is 1.76 bits per heavy atom. The van der Waals surface area contributed by atoms with Crippen LogP contribution < -0.4 is 23.8 Å². The fourth-order valence-corrected chi connectivity index (χ4v) is 3.52. The van der Waals surface area contributed by atoms with E-state index in [0.29, 0.717) is 30.4 Å². The third kappa shape index (κ3) is 5.46. The Labute approximate surface area is 195 Å². The summed E-state index contributed by atoms with van der Waals surface area (Å²) in [6.45, 7) is -1.97. The van der Waals surface area contributed by atoms with E-state index in [2.05, 4.69) is 4.74 Å². The number of anilines is 1. The Morgan fingerprint density at radius 1 is 1.00 bits per heavy atom. The Balaban J connectivity index is 1.67. The van der Waals surface area contributed by atoms with Gasteiger partial charge in [-0.15, -0.1) is 0 Å². The summed E-state index contributed by atoms with van der Waals surface area (Å²) in [7, 11) is 1.34. The predicted octanol–water partition coefficient (Wildman–Crippen LogP) is 5.43. The molecule has 1 heterocycles. The molecule has 34 heavy (non-hydrogen) atoms. The van der Waals surface area contributed by atoms with Gasteiger partial charge in [0.05, 0.1) is 7.11 Å². The van der Waals surface area contributed by atoms with Crippen LogP contribution in [-0.4, -0.2) is 39.4 Å². The highest BCUT2D eigenvalue weighted by Crippen LogP contribution is 2.35. The number of fused-ring (bicyclic) bond motifs is 1. The lowest BCUT2D eigenvalue weighted by Gasteiger charge is -2.25. The molecule has 1 aliphatic heterocycles. The van der Waals surface area contributed by atoms with Crippen molar-refractivity contribution in [2.75, 3.05) is 31.8 Å². The van der Waals surface area contributed by atoms with E-state index in [0.717, 1.165) is 5.56 Å². The average Bonchev–Trinajstić information content (AvgIpc) is 2.86. The summed E-state index contributed by atoms with van der Waals surface area (Å²) >= 11 is 0. The van der Waals surface area contributed by atoms with Crippen LogP contribution in [0.2, 0.25) is 0 Å². The third-order valence-corrected chi connectivity index (χ3v) is 5.11. The van der Waals surface area contributed by atoms with Gasteiger partial charge < -0.3 is 23.8 Å². The van der Waals surface area contributed by atoms with Gasteiger partial charge in [-0.3, -0.25) is 4.79 Å². The molecule has 0 fully saturated rings. The van der Waals surface area contributed by atoms with Crippen molar-refractivity contribution in [1.82, 2.24) is 0 Å². The van der Waals surface area contributed by atoms with Gasteiger partial charge >= 0.3 is 6.61 Å². The first-order valence-corrected chi connectivity index (χ1v) is 10.6. The van der Waals surface area contributed by atoms with Crippen LogP contribution in [0.3, 0.4) is 0 Å². The SMILES string of the molecule is COc1ccc(C(=O)N(C/C=C/c2ccccc2)c2ccc3c(c2)OCCO3)cc1OC(F)F. The fourth-order valence-electron chi connectivity index (χ4n) is 3.52. The van der Waals surface area contributed by atoms with E-state index in [1.54, 1.807) is 18.2 Å². The number of ether oxygens (including phenoxy) is 4. The first-order chi connectivity index (χ1) is 16.5. The van der Waals surface area contributed by atoms with Gasteiger partial charge in [-0.2, -0.15) is 8.78 Å². The molecule has 0 radical (unpaired) electrons. The molecule has 0 aromatic heterocycles. The van der Waals surface area contributed by atoms with Crippen molar-refractivity contribution in [3.05, 3.63) is 83.9 Å². The summed E-state index contributed by atoms with van der Waals surface area (Å²) < 4.78 is 46.6. The van der Waals surface area contributed by atoms with Crippen molar-refractivity contribution in [3.8, 4) is 23.0 Å². The summed E-state index contributed by atoms with van der Waals surface area (Å²) in [5, 5.41) is 0. The van der Waals surface area contributed by atoms with Gasteiger partial charge in [0.25, 0.3) is 5.91 Å². The smallest absolute Gasteiger partial charge is 0.387 e. The van der Waals surface area contributed by atoms with Crippen molar-refractivity contribution in [3.63, 3.8) is 0 Å². The maximum absolute atomic E-state index is 13.5. The lowest BCUT2D eigenvalue weighted by molar-refractivity contribution is -0.0512. The lowest BCUT2D eigenvalue weighted by atomic mass is 10.1. The van der Waals surface area contributed by atoms with Gasteiger partial charge in [-0.1, -0.05) is 42.5 Å². The zero-order valence-corrected chi connectivity index (χ0v) is 18.4. The lowest BCUT2D eigenvalue weighted by Crippen LogP contribution is -2.31. The molecule has 176 valence electrons. The Morgan fingerprint density at radius 3 is 2.50 bits per heavy atom. The number of methoxy groups -OCH3 is 1. The van der Waals surface area contributed by atoms with Crippen LogP contribution in [0.4, 0.5) is 14.5 Å². The van der Waals surface area contributed by atoms with Crippen molar-refractivity contribution in [1.29, 1.82) is 0 Å². The molecule has 0 N–H and O–H groups in total. The summed E-state index contributed by atoms with van der Waals surface area (Å²) in [6, 6.07) is 19.1. The van der Waals surface area contributed by atoms with Crippen LogP contribution in [0.25, 0.3) is 6.08 Å². The second kappa shape index (κ2) is 10.7. The van der Waals surface area contributed by atoms with Crippen molar-refractivity contribution in [2.45, 2.75) is 6.61 Å². The standard InChI is InChI=1S/C26H23F2NO5/c1-31-21-11-9-19(16-24(21)34-26(27)28)25(30)29(13-5-8-18-6-3-2-4-7-18)20-10-12-22-23(17-20)33-15-14-32-22/h2-12,16-17,26H,13-15H2,1H3/b8-5+. The molecule has 1 aliphatic rings. The summed E-state index contributed by atoms with van der Waals surface area (Å²) in [6.07, 6.45) is 3.75. The second-order valence-electron chi connectivity index (χ2n) is 7.30. The van der Waals surface area contributed by atoms with E-state index in [-0.39, 0.29) is 23.6 Å². The van der Waals surface area contributed by atoms with Crippen LogP contribution in [0.15, 0.2) is 72.8 Å². The topological polar surface area (TPSA) is 57.2 Å². The van der Waals surface area contributed by atoms with Gasteiger partial charge in [-0.25, -0.2) is 0 Å². The van der Waals surface area contributed by atoms with E-state index in [4.69, 9.17) is 14.2 Å². The molecule has 1 amide bonds. The van der Waals surface area contributed by atoms with Gasteiger partial charge in [0.15, 0.2) is 23.0 Å². The average molecular weight is 467 g/mol. The number of carbonyl (C=O) groups is 1. The summed E-state index contributed by atoms with van der Waals surface area (Å²) in [5.41, 5.74) is 1.72. The number of nitrogens with zero attached hydrogens (tertiary/aromatic N) is 1. The molecule has 0 saturated heterocycles. The minimum atomic E-state index is -3.05. The minimum absolute atomic E-state index is 0.103. The highest BCUT2D eigenvalue weighted by atomic mass is 19.3. The molecule has 0 atom stereocenters. The molecule has 0 unspecified atom stereocenters. The Hall–Kier alpha value is -4.07. The number of hydrogen-bond acceptors (Lipinski definition) is 5. The number of alkyl halides is 2. The quantitative estimate of drug-likeness (QED) is 0.442. The van der Waals surface area contributed by atoms with Crippen LogP contribution >= 0.6 is 0 Å². The van der Waals surface area contributed by atoms with E-state index in [1.807, 2.05) is 42.5 Å². The Bertz CT molecular complexity index is 1170. The molecule has 0 spiro atoms. The number of hydrogen-bond donors (Lipinski definition) is 0. The zero-order valence-electron chi connectivity index (χ0n) is 18.4. The number of amides is 1. The molecule has 4 rings (SSSR count). The minimum Gasteiger partial charge on any atom is -0.493 e. The van der Waals surface area contributed by atoms with Crippen LogP contribution in [0, 0.1) is 0 Å². The van der Waals surface area contributed by atoms with Crippen molar-refractivity contribution >= 4 is 17.7 Å². The molecular formula is C26H23F2NO5. The number of halogens is 2. The van der Waals surface area contributed by atoms with Gasteiger partial charge in [0.1, 0.15) is 13.2 Å². The first kappa shape index (κ1) is 23.1. The van der Waals surface area contributed by atoms with Crippen molar-refractivity contribution < 1.29 is 32.5 Å². The van der Waals surface area contributed by atoms with Crippen LogP contribution in [-0.2, 0) is 0 Å². The largest absolute Gasteiger partial charge is 0.493 e. The van der Waals surface area contributed by atoms with Crippen LogP contribution in [0.5, 0.6) is 23.0 Å². The highest BCUT2D eigenvalue weighted by molar-refractivity contribution is 6.06. The molecule has 0 bridgehead atoms. The second-order valence-corrected chi connectivity index (χ2v) is 7.30. The zero-order chi connectivity index (χ0) is 23.9. The summed E-state index contributed by atoms with van der Waals surface area (Å²) in [4.78, 5) is 15.0. The highest BCUT2D eigenvalue weighted by Gasteiger charge is 2.22.